The number of fused-ring (bicyclic) bond motifs is 1. The maximum atomic E-state index is 12.7. The van der Waals surface area contributed by atoms with Crippen molar-refractivity contribution >= 4 is 17.6 Å². The van der Waals surface area contributed by atoms with E-state index in [2.05, 4.69) is 4.98 Å². The summed E-state index contributed by atoms with van der Waals surface area (Å²) >= 11 is 0. The van der Waals surface area contributed by atoms with Gasteiger partial charge in [0.25, 0.3) is 5.91 Å². The van der Waals surface area contributed by atoms with Crippen LogP contribution in [0, 0.1) is 6.92 Å². The quantitative estimate of drug-likeness (QED) is 0.915. The largest absolute Gasteiger partial charge is 0.480 e. The summed E-state index contributed by atoms with van der Waals surface area (Å²) in [5, 5.41) is 9.39. The Morgan fingerprint density at radius 2 is 2.00 bits per heavy atom. The first-order valence-corrected chi connectivity index (χ1v) is 6.65. The van der Waals surface area contributed by atoms with Crippen LogP contribution in [0.15, 0.2) is 42.6 Å². The van der Waals surface area contributed by atoms with Crippen molar-refractivity contribution in [2.75, 3.05) is 4.90 Å². The Kier molecular flexibility index (Phi) is 3.17. The molecule has 2 heterocycles. The van der Waals surface area contributed by atoms with Crippen LogP contribution in [0.25, 0.3) is 0 Å². The summed E-state index contributed by atoms with van der Waals surface area (Å²) in [6.07, 6.45) is 1.81. The van der Waals surface area contributed by atoms with Crippen LogP contribution in [0.4, 0.5) is 5.69 Å². The zero-order chi connectivity index (χ0) is 15.0. The first kappa shape index (κ1) is 13.3. The third-order valence-corrected chi connectivity index (χ3v) is 3.64. The predicted molar refractivity (Wildman–Crippen MR) is 77.4 cm³/mol. The molecule has 5 heteroatoms. The Hall–Kier alpha value is -2.69. The van der Waals surface area contributed by atoms with Gasteiger partial charge in [-0.1, -0.05) is 18.2 Å². The van der Waals surface area contributed by atoms with E-state index in [1.54, 1.807) is 24.3 Å². The van der Waals surface area contributed by atoms with Gasteiger partial charge in [-0.05, 0) is 30.7 Å². The van der Waals surface area contributed by atoms with Crippen LogP contribution in [-0.4, -0.2) is 28.0 Å². The minimum atomic E-state index is -1.00. The topological polar surface area (TPSA) is 70.5 Å². The zero-order valence-electron chi connectivity index (χ0n) is 11.5. The van der Waals surface area contributed by atoms with Crippen molar-refractivity contribution in [3.8, 4) is 0 Å². The molecule has 106 valence electrons. The maximum Gasteiger partial charge on any atom is 0.327 e. The van der Waals surface area contributed by atoms with E-state index in [1.807, 2.05) is 19.1 Å². The maximum absolute atomic E-state index is 12.7. The summed E-state index contributed by atoms with van der Waals surface area (Å²) < 4.78 is 0. The van der Waals surface area contributed by atoms with Gasteiger partial charge in [0.2, 0.25) is 0 Å². The summed E-state index contributed by atoms with van der Waals surface area (Å²) in [4.78, 5) is 29.6. The number of carbonyl (C=O) groups is 2. The summed E-state index contributed by atoms with van der Waals surface area (Å²) in [6.45, 7) is 1.83. The second-order valence-electron chi connectivity index (χ2n) is 5.05. The van der Waals surface area contributed by atoms with E-state index in [4.69, 9.17) is 0 Å². The molecule has 21 heavy (non-hydrogen) atoms. The van der Waals surface area contributed by atoms with Crippen LogP contribution in [0.2, 0.25) is 0 Å². The standard InChI is InChI=1S/C16H14N2O3/c1-10-6-7-12(9-17-10)15(19)18-13-5-3-2-4-11(13)8-14(18)16(20)21/h2-7,9,14H,8H2,1H3,(H,20,21)/t14-/m0/s1. The molecule has 0 fully saturated rings. The number of carbonyl (C=O) groups excluding carboxylic acids is 1. The van der Waals surface area contributed by atoms with Crippen LogP contribution in [0.5, 0.6) is 0 Å². The van der Waals surface area contributed by atoms with Gasteiger partial charge in [0, 0.05) is 24.0 Å². The average Bonchev–Trinajstić information content (AvgIpc) is 2.87. The number of anilines is 1. The molecule has 1 N–H and O–H groups in total. The average molecular weight is 282 g/mol. The summed E-state index contributed by atoms with van der Waals surface area (Å²) in [7, 11) is 0. The molecule has 1 amide bonds. The lowest BCUT2D eigenvalue weighted by Crippen LogP contribution is -2.42. The number of hydrogen-bond donors (Lipinski definition) is 1. The lowest BCUT2D eigenvalue weighted by Gasteiger charge is -2.22. The van der Waals surface area contributed by atoms with Crippen molar-refractivity contribution in [2.45, 2.75) is 19.4 Å². The number of amides is 1. The van der Waals surface area contributed by atoms with E-state index in [1.165, 1.54) is 11.1 Å². The van der Waals surface area contributed by atoms with Crippen LogP contribution in [-0.2, 0) is 11.2 Å². The van der Waals surface area contributed by atoms with Crippen LogP contribution < -0.4 is 4.90 Å². The van der Waals surface area contributed by atoms with E-state index < -0.39 is 12.0 Å². The fourth-order valence-electron chi connectivity index (χ4n) is 2.57. The molecule has 1 aliphatic heterocycles. The Bertz CT molecular complexity index is 710. The van der Waals surface area contributed by atoms with Gasteiger partial charge in [-0.15, -0.1) is 0 Å². The highest BCUT2D eigenvalue weighted by Gasteiger charge is 2.38. The SMILES string of the molecule is Cc1ccc(C(=O)N2c3ccccc3C[C@H]2C(=O)O)cn1. The molecule has 0 radical (unpaired) electrons. The van der Waals surface area contributed by atoms with Gasteiger partial charge >= 0.3 is 5.97 Å². The number of aromatic nitrogens is 1. The number of benzene rings is 1. The molecule has 3 rings (SSSR count). The van der Waals surface area contributed by atoms with E-state index in [0.29, 0.717) is 17.7 Å². The normalized spacial score (nSPS) is 16.6. The van der Waals surface area contributed by atoms with Gasteiger partial charge in [0.15, 0.2) is 0 Å². The number of pyridine rings is 1. The Labute approximate surface area is 121 Å². The van der Waals surface area contributed by atoms with Crippen molar-refractivity contribution in [3.05, 3.63) is 59.4 Å². The van der Waals surface area contributed by atoms with Crippen molar-refractivity contribution in [1.29, 1.82) is 0 Å². The second-order valence-corrected chi connectivity index (χ2v) is 5.05. The second kappa shape index (κ2) is 5.01. The van der Waals surface area contributed by atoms with Crippen molar-refractivity contribution in [3.63, 3.8) is 0 Å². The number of aliphatic carboxylic acids is 1. The molecule has 1 aromatic heterocycles. The number of carboxylic acid groups (broad SMARTS) is 1. The highest BCUT2D eigenvalue weighted by atomic mass is 16.4. The zero-order valence-corrected chi connectivity index (χ0v) is 11.5. The monoisotopic (exact) mass is 282 g/mol. The fourth-order valence-corrected chi connectivity index (χ4v) is 2.57. The van der Waals surface area contributed by atoms with Gasteiger partial charge in [0.1, 0.15) is 6.04 Å². The van der Waals surface area contributed by atoms with Gasteiger partial charge in [-0.2, -0.15) is 0 Å². The minimum Gasteiger partial charge on any atom is -0.480 e. The number of nitrogens with zero attached hydrogens (tertiary/aromatic N) is 2. The molecule has 0 unspecified atom stereocenters. The van der Waals surface area contributed by atoms with Gasteiger partial charge < -0.3 is 5.11 Å². The molecular formula is C16H14N2O3. The van der Waals surface area contributed by atoms with Crippen LogP contribution in [0.3, 0.4) is 0 Å². The van der Waals surface area contributed by atoms with Crippen LogP contribution >= 0.6 is 0 Å². The van der Waals surface area contributed by atoms with Gasteiger partial charge in [-0.3, -0.25) is 14.7 Å². The van der Waals surface area contributed by atoms with Gasteiger partial charge in [-0.25, -0.2) is 4.79 Å². The molecule has 0 spiro atoms. The van der Waals surface area contributed by atoms with Crippen molar-refractivity contribution < 1.29 is 14.7 Å². The predicted octanol–water partition coefficient (Wildman–Crippen LogP) is 2.05. The lowest BCUT2D eigenvalue weighted by atomic mass is 10.1. The Balaban J connectivity index is 2.03. The Morgan fingerprint density at radius 1 is 1.24 bits per heavy atom. The number of carboxylic acids is 1. The molecule has 0 bridgehead atoms. The number of aryl methyl sites for hydroxylation is 1. The lowest BCUT2D eigenvalue weighted by molar-refractivity contribution is -0.138. The molecule has 1 atom stereocenters. The summed E-state index contributed by atoms with van der Waals surface area (Å²) in [5.74, 6) is -1.33. The van der Waals surface area contributed by atoms with E-state index >= 15 is 0 Å². The third-order valence-electron chi connectivity index (χ3n) is 3.64. The minimum absolute atomic E-state index is 0.330. The summed E-state index contributed by atoms with van der Waals surface area (Å²) in [5.41, 5.74) is 2.74. The fraction of sp³-hybridized carbons (Fsp3) is 0.188. The van der Waals surface area contributed by atoms with Crippen LogP contribution in [0.1, 0.15) is 21.6 Å². The molecule has 0 saturated heterocycles. The molecule has 1 aliphatic rings. The smallest absolute Gasteiger partial charge is 0.327 e. The molecular weight excluding hydrogens is 268 g/mol. The number of para-hydroxylation sites is 1. The van der Waals surface area contributed by atoms with Gasteiger partial charge in [0.05, 0.1) is 5.56 Å². The molecule has 0 saturated carbocycles. The van der Waals surface area contributed by atoms with E-state index in [9.17, 15) is 14.7 Å². The molecule has 1 aromatic carbocycles. The number of rotatable bonds is 2. The summed E-state index contributed by atoms with van der Waals surface area (Å²) in [6, 6.07) is 9.82. The first-order valence-electron chi connectivity index (χ1n) is 6.65. The van der Waals surface area contributed by atoms with E-state index in [0.717, 1.165) is 11.3 Å². The first-order chi connectivity index (χ1) is 10.1. The highest BCUT2D eigenvalue weighted by Crippen LogP contribution is 2.33. The van der Waals surface area contributed by atoms with Crippen molar-refractivity contribution in [2.24, 2.45) is 0 Å². The third kappa shape index (κ3) is 2.27. The van der Waals surface area contributed by atoms with E-state index in [-0.39, 0.29) is 5.91 Å². The van der Waals surface area contributed by atoms with Crippen molar-refractivity contribution in [1.82, 2.24) is 4.98 Å². The number of hydrogen-bond acceptors (Lipinski definition) is 3. The molecule has 5 nitrogen and oxygen atoms in total. The molecule has 2 aromatic rings. The highest BCUT2D eigenvalue weighted by molar-refractivity contribution is 6.10. The Morgan fingerprint density at radius 3 is 2.67 bits per heavy atom. The molecule has 0 aliphatic carbocycles.